The van der Waals surface area contributed by atoms with E-state index in [9.17, 15) is 0 Å². The molecule has 2 N–H and O–H groups in total. The molecule has 0 aliphatic carbocycles. The molecule has 1 aromatic carbocycles. The summed E-state index contributed by atoms with van der Waals surface area (Å²) in [5.74, 6) is 1.08. The molecule has 0 bridgehead atoms. The molecule has 3 aromatic rings. The van der Waals surface area contributed by atoms with Crippen molar-refractivity contribution >= 4 is 27.8 Å². The van der Waals surface area contributed by atoms with Gasteiger partial charge in [0.1, 0.15) is 0 Å². The summed E-state index contributed by atoms with van der Waals surface area (Å²) in [6, 6.07) is 8.59. The van der Waals surface area contributed by atoms with Crippen LogP contribution in [0.25, 0.3) is 4.96 Å². The van der Waals surface area contributed by atoms with Crippen molar-refractivity contribution in [3.8, 4) is 0 Å². The van der Waals surface area contributed by atoms with Crippen molar-refractivity contribution in [3.63, 3.8) is 0 Å². The molecule has 5 heteroatoms. The van der Waals surface area contributed by atoms with Crippen molar-refractivity contribution in [3.05, 3.63) is 47.1 Å². The maximum absolute atomic E-state index is 5.79. The van der Waals surface area contributed by atoms with E-state index in [0.717, 1.165) is 30.2 Å². The second-order valence-corrected chi connectivity index (χ2v) is 5.88. The van der Waals surface area contributed by atoms with Crippen LogP contribution in [0.3, 0.4) is 0 Å². The number of nitrogens with zero attached hydrogens (tertiary/aromatic N) is 3. The van der Waals surface area contributed by atoms with E-state index in [1.54, 1.807) is 11.3 Å². The highest BCUT2D eigenvalue weighted by molar-refractivity contribution is 7.15. The van der Waals surface area contributed by atoms with Crippen molar-refractivity contribution < 1.29 is 0 Å². The van der Waals surface area contributed by atoms with E-state index in [0.29, 0.717) is 6.54 Å². The van der Waals surface area contributed by atoms with Crippen LogP contribution in [0.15, 0.2) is 35.8 Å². The number of imidazole rings is 1. The van der Waals surface area contributed by atoms with Gasteiger partial charge in [-0.25, -0.2) is 4.98 Å². The Labute approximate surface area is 121 Å². The average molecular weight is 284 g/mol. The summed E-state index contributed by atoms with van der Waals surface area (Å²) in [5, 5.41) is 2.07. The molecule has 2 aromatic heterocycles. The van der Waals surface area contributed by atoms with Crippen LogP contribution in [-0.4, -0.2) is 22.5 Å². The fraction of sp³-hybridized carbons (Fsp3) is 0.267. The van der Waals surface area contributed by atoms with Gasteiger partial charge in [-0.05, 0) is 24.6 Å². The van der Waals surface area contributed by atoms with Gasteiger partial charge in [-0.2, -0.15) is 0 Å². The molecule has 0 fully saturated rings. The molecule has 0 radical (unpaired) electrons. The van der Waals surface area contributed by atoms with Gasteiger partial charge in [0.15, 0.2) is 10.8 Å². The lowest BCUT2D eigenvalue weighted by Gasteiger charge is -2.18. The Morgan fingerprint density at radius 2 is 2.20 bits per heavy atom. The number of benzene rings is 1. The van der Waals surface area contributed by atoms with Crippen molar-refractivity contribution in [2.75, 3.05) is 18.0 Å². The molecule has 0 amide bonds. The smallest absolute Gasteiger partial charge is 0.195 e. The van der Waals surface area contributed by atoms with Crippen LogP contribution in [0.5, 0.6) is 0 Å². The van der Waals surface area contributed by atoms with Gasteiger partial charge in [-0.1, -0.05) is 18.2 Å². The maximum Gasteiger partial charge on any atom is 0.195 e. The first-order valence-corrected chi connectivity index (χ1v) is 7.76. The van der Waals surface area contributed by atoms with Crippen LogP contribution < -0.4 is 10.6 Å². The second-order valence-electron chi connectivity index (χ2n) is 5.01. The zero-order valence-electron chi connectivity index (χ0n) is 11.1. The Bertz CT molecular complexity index is 758. The van der Waals surface area contributed by atoms with Crippen molar-refractivity contribution in [1.82, 2.24) is 9.38 Å². The van der Waals surface area contributed by atoms with Gasteiger partial charge < -0.3 is 10.6 Å². The van der Waals surface area contributed by atoms with Crippen molar-refractivity contribution in [1.29, 1.82) is 0 Å². The number of hydrogen-bond donors (Lipinski definition) is 1. The highest BCUT2D eigenvalue weighted by Crippen LogP contribution is 2.36. The summed E-state index contributed by atoms with van der Waals surface area (Å²) in [7, 11) is 0. The number of aromatic nitrogens is 2. The number of nitrogens with two attached hydrogens (primary N) is 1. The van der Waals surface area contributed by atoms with Gasteiger partial charge in [-0.15, -0.1) is 11.3 Å². The van der Waals surface area contributed by atoms with E-state index in [4.69, 9.17) is 10.7 Å². The minimum Gasteiger partial charge on any atom is -0.330 e. The molecule has 0 spiro atoms. The predicted octanol–water partition coefficient (Wildman–Crippen LogP) is 2.59. The summed E-state index contributed by atoms with van der Waals surface area (Å²) >= 11 is 1.67. The van der Waals surface area contributed by atoms with Crippen molar-refractivity contribution in [2.45, 2.75) is 12.8 Å². The van der Waals surface area contributed by atoms with E-state index in [1.165, 1.54) is 16.9 Å². The SMILES string of the molecule is NCCc1c(N2CCc3ccccc32)nc2sccn12. The Morgan fingerprint density at radius 3 is 3.10 bits per heavy atom. The van der Waals surface area contributed by atoms with Gasteiger partial charge in [0.25, 0.3) is 0 Å². The predicted molar refractivity (Wildman–Crippen MR) is 83.0 cm³/mol. The van der Waals surface area contributed by atoms with Gasteiger partial charge >= 0.3 is 0 Å². The minimum absolute atomic E-state index is 0.645. The third kappa shape index (κ3) is 1.67. The standard InChI is InChI=1S/C15H16N4S/c16-7-5-13-14(17-15-19(13)9-10-20-15)18-8-6-11-3-1-2-4-12(11)18/h1-4,9-10H,5-8,16H2. The topological polar surface area (TPSA) is 46.6 Å². The molecule has 4 rings (SSSR count). The van der Waals surface area contributed by atoms with Crippen LogP contribution in [0.2, 0.25) is 0 Å². The highest BCUT2D eigenvalue weighted by atomic mass is 32.1. The number of thiazole rings is 1. The Hall–Kier alpha value is -1.85. The summed E-state index contributed by atoms with van der Waals surface area (Å²) in [4.78, 5) is 8.21. The van der Waals surface area contributed by atoms with Gasteiger partial charge in [0.05, 0.1) is 5.69 Å². The van der Waals surface area contributed by atoms with E-state index in [-0.39, 0.29) is 0 Å². The Kier molecular flexibility index (Phi) is 2.75. The van der Waals surface area contributed by atoms with Gasteiger partial charge in [0, 0.05) is 30.2 Å². The van der Waals surface area contributed by atoms with Crippen LogP contribution in [0.1, 0.15) is 11.3 Å². The summed E-state index contributed by atoms with van der Waals surface area (Å²) in [6.45, 7) is 1.65. The quantitative estimate of drug-likeness (QED) is 0.804. The van der Waals surface area contributed by atoms with E-state index in [2.05, 4.69) is 45.1 Å². The van der Waals surface area contributed by atoms with Crippen LogP contribution in [0.4, 0.5) is 11.5 Å². The Balaban J connectivity index is 1.86. The molecular formula is C15H16N4S. The van der Waals surface area contributed by atoms with Crippen LogP contribution in [-0.2, 0) is 12.8 Å². The molecule has 0 saturated heterocycles. The zero-order valence-corrected chi connectivity index (χ0v) is 11.9. The molecular weight excluding hydrogens is 268 g/mol. The highest BCUT2D eigenvalue weighted by Gasteiger charge is 2.25. The number of fused-ring (bicyclic) bond motifs is 2. The molecule has 1 aliphatic rings. The molecule has 4 nitrogen and oxygen atoms in total. The number of hydrogen-bond acceptors (Lipinski definition) is 4. The Morgan fingerprint density at radius 1 is 1.30 bits per heavy atom. The molecule has 0 unspecified atom stereocenters. The zero-order chi connectivity index (χ0) is 13.5. The molecule has 1 aliphatic heterocycles. The lowest BCUT2D eigenvalue weighted by atomic mass is 10.2. The fourth-order valence-electron chi connectivity index (χ4n) is 2.96. The molecule has 3 heterocycles. The summed E-state index contributed by atoms with van der Waals surface area (Å²) in [5.41, 5.74) is 9.70. The molecule has 20 heavy (non-hydrogen) atoms. The first-order chi connectivity index (χ1) is 9.88. The first-order valence-electron chi connectivity index (χ1n) is 6.88. The number of para-hydroxylation sites is 1. The normalized spacial score (nSPS) is 14.2. The molecule has 0 saturated carbocycles. The maximum atomic E-state index is 5.79. The third-order valence-corrected chi connectivity index (χ3v) is 4.62. The summed E-state index contributed by atoms with van der Waals surface area (Å²) in [6.07, 6.45) is 4.03. The second kappa shape index (κ2) is 4.61. The van der Waals surface area contributed by atoms with E-state index >= 15 is 0 Å². The fourth-order valence-corrected chi connectivity index (χ4v) is 3.69. The van der Waals surface area contributed by atoms with Crippen LogP contribution >= 0.6 is 11.3 Å². The van der Waals surface area contributed by atoms with Gasteiger partial charge in [-0.3, -0.25) is 4.40 Å². The monoisotopic (exact) mass is 284 g/mol. The van der Waals surface area contributed by atoms with Gasteiger partial charge in [0.2, 0.25) is 0 Å². The number of rotatable bonds is 3. The third-order valence-electron chi connectivity index (χ3n) is 3.86. The molecule has 0 atom stereocenters. The first kappa shape index (κ1) is 11.9. The van der Waals surface area contributed by atoms with E-state index < -0.39 is 0 Å². The van der Waals surface area contributed by atoms with E-state index in [1.807, 2.05) is 0 Å². The molecule has 102 valence electrons. The lowest BCUT2D eigenvalue weighted by Crippen LogP contribution is -2.17. The minimum atomic E-state index is 0.645. The van der Waals surface area contributed by atoms with Crippen molar-refractivity contribution in [2.24, 2.45) is 5.73 Å². The largest absolute Gasteiger partial charge is 0.330 e. The van der Waals surface area contributed by atoms with Crippen LogP contribution in [0, 0.1) is 0 Å². The number of anilines is 2. The summed E-state index contributed by atoms with van der Waals surface area (Å²) < 4.78 is 2.17. The average Bonchev–Trinajstić information content (AvgIpc) is 3.14. The lowest BCUT2D eigenvalue weighted by molar-refractivity contribution is 0.890.